The molecule has 0 N–H and O–H groups in total. The number of nitro groups is 1. The fourth-order valence-electron chi connectivity index (χ4n) is 1.30. The third-order valence-electron chi connectivity index (χ3n) is 2.05. The molecule has 76 valence electrons. The van der Waals surface area contributed by atoms with E-state index in [0.29, 0.717) is 6.54 Å². The van der Waals surface area contributed by atoms with Crippen molar-refractivity contribution in [3.05, 3.63) is 58.4 Å². The summed E-state index contributed by atoms with van der Waals surface area (Å²) < 4.78 is 1.77. The van der Waals surface area contributed by atoms with Crippen molar-refractivity contribution in [3.63, 3.8) is 0 Å². The minimum atomic E-state index is -0.405. The lowest BCUT2D eigenvalue weighted by molar-refractivity contribution is -0.384. The van der Waals surface area contributed by atoms with Crippen LogP contribution in [0.1, 0.15) is 5.56 Å². The largest absolute Gasteiger partial charge is 0.269 e. The Labute approximate surface area is 86.1 Å². The van der Waals surface area contributed by atoms with Crippen LogP contribution in [-0.2, 0) is 6.54 Å². The van der Waals surface area contributed by atoms with E-state index in [1.54, 1.807) is 23.0 Å². The van der Waals surface area contributed by atoms with Gasteiger partial charge in [0.05, 0.1) is 11.5 Å². The molecule has 0 saturated heterocycles. The van der Waals surface area contributed by atoms with Gasteiger partial charge in [-0.25, -0.2) is 0 Å². The van der Waals surface area contributed by atoms with Crippen LogP contribution in [0.15, 0.2) is 42.7 Å². The Morgan fingerprint density at radius 1 is 1.33 bits per heavy atom. The monoisotopic (exact) mass is 203 g/mol. The molecule has 0 amide bonds. The van der Waals surface area contributed by atoms with Crippen LogP contribution in [-0.4, -0.2) is 14.7 Å². The van der Waals surface area contributed by atoms with Gasteiger partial charge in [0.15, 0.2) is 0 Å². The van der Waals surface area contributed by atoms with E-state index < -0.39 is 4.92 Å². The van der Waals surface area contributed by atoms with E-state index in [0.717, 1.165) is 5.56 Å². The summed E-state index contributed by atoms with van der Waals surface area (Å²) in [5.74, 6) is 0. The van der Waals surface area contributed by atoms with Crippen LogP contribution in [0.2, 0.25) is 0 Å². The molecule has 1 aromatic heterocycles. The number of benzene rings is 1. The summed E-state index contributed by atoms with van der Waals surface area (Å²) in [7, 11) is 0. The number of hydrogen-bond acceptors (Lipinski definition) is 3. The minimum absolute atomic E-state index is 0.110. The number of aromatic nitrogens is 2. The van der Waals surface area contributed by atoms with Gasteiger partial charge in [-0.1, -0.05) is 12.1 Å². The predicted octanol–water partition coefficient (Wildman–Crippen LogP) is 1.84. The molecule has 0 fully saturated rings. The van der Waals surface area contributed by atoms with Crippen molar-refractivity contribution in [1.82, 2.24) is 9.78 Å². The molecule has 0 aliphatic rings. The average molecular weight is 203 g/mol. The van der Waals surface area contributed by atoms with Gasteiger partial charge < -0.3 is 0 Å². The Kier molecular flexibility index (Phi) is 2.45. The molecule has 1 heterocycles. The molecule has 15 heavy (non-hydrogen) atoms. The standard InChI is InChI=1S/C10H9N3O2/c14-13(15)10-4-2-9(3-5-10)8-12-7-1-6-11-12/h1-7H,8H2. The lowest BCUT2D eigenvalue weighted by atomic mass is 10.2. The van der Waals surface area contributed by atoms with E-state index >= 15 is 0 Å². The second kappa shape index (κ2) is 3.91. The maximum atomic E-state index is 10.4. The maximum absolute atomic E-state index is 10.4. The summed E-state index contributed by atoms with van der Waals surface area (Å²) in [6, 6.07) is 8.31. The Balaban J connectivity index is 2.14. The summed E-state index contributed by atoms with van der Waals surface area (Å²) in [6.07, 6.45) is 3.55. The highest BCUT2D eigenvalue weighted by molar-refractivity contribution is 5.32. The molecule has 0 radical (unpaired) electrons. The van der Waals surface area contributed by atoms with Crippen LogP contribution in [0.25, 0.3) is 0 Å². The van der Waals surface area contributed by atoms with Crippen LogP contribution in [0.3, 0.4) is 0 Å². The highest BCUT2D eigenvalue weighted by Crippen LogP contribution is 2.12. The molecule has 0 unspecified atom stereocenters. The molecule has 0 saturated carbocycles. The third-order valence-corrected chi connectivity index (χ3v) is 2.05. The number of rotatable bonds is 3. The SMILES string of the molecule is O=[N+]([O-])c1ccc(Cn2cccn2)cc1. The second-order valence-corrected chi connectivity index (χ2v) is 3.13. The molecule has 5 heteroatoms. The lowest BCUT2D eigenvalue weighted by Gasteiger charge is -2.00. The van der Waals surface area contributed by atoms with Crippen molar-refractivity contribution in [2.75, 3.05) is 0 Å². The Morgan fingerprint density at radius 2 is 2.07 bits per heavy atom. The molecule has 2 rings (SSSR count). The van der Waals surface area contributed by atoms with Gasteiger partial charge >= 0.3 is 0 Å². The van der Waals surface area contributed by atoms with Gasteiger partial charge in [-0.15, -0.1) is 0 Å². The van der Waals surface area contributed by atoms with Gasteiger partial charge in [0.1, 0.15) is 0 Å². The van der Waals surface area contributed by atoms with E-state index in [2.05, 4.69) is 5.10 Å². The molecule has 0 bridgehead atoms. The zero-order valence-corrected chi connectivity index (χ0v) is 7.91. The van der Waals surface area contributed by atoms with Crippen molar-refractivity contribution in [2.24, 2.45) is 0 Å². The number of nitro benzene ring substituents is 1. The van der Waals surface area contributed by atoms with Crippen molar-refractivity contribution >= 4 is 5.69 Å². The second-order valence-electron chi connectivity index (χ2n) is 3.13. The lowest BCUT2D eigenvalue weighted by Crippen LogP contribution is -1.99. The first-order chi connectivity index (χ1) is 7.25. The van der Waals surface area contributed by atoms with Crippen LogP contribution < -0.4 is 0 Å². The molecule has 0 aliphatic carbocycles. The zero-order valence-electron chi connectivity index (χ0n) is 7.91. The van der Waals surface area contributed by atoms with E-state index in [4.69, 9.17) is 0 Å². The van der Waals surface area contributed by atoms with Gasteiger partial charge in [0.25, 0.3) is 5.69 Å². The van der Waals surface area contributed by atoms with E-state index in [1.807, 2.05) is 12.3 Å². The van der Waals surface area contributed by atoms with Crippen LogP contribution in [0.4, 0.5) is 5.69 Å². The maximum Gasteiger partial charge on any atom is 0.269 e. The average Bonchev–Trinajstić information content (AvgIpc) is 2.71. The minimum Gasteiger partial charge on any atom is -0.268 e. The van der Waals surface area contributed by atoms with Crippen LogP contribution in [0, 0.1) is 10.1 Å². The normalized spacial score (nSPS) is 10.1. The highest BCUT2D eigenvalue weighted by Gasteiger charge is 2.03. The topological polar surface area (TPSA) is 61.0 Å². The van der Waals surface area contributed by atoms with Gasteiger partial charge in [-0.3, -0.25) is 14.8 Å². The van der Waals surface area contributed by atoms with Gasteiger partial charge in [-0.2, -0.15) is 5.10 Å². The summed E-state index contributed by atoms with van der Waals surface area (Å²) in [5, 5.41) is 14.5. The Bertz CT molecular complexity index is 448. The Hall–Kier alpha value is -2.17. The highest BCUT2D eigenvalue weighted by atomic mass is 16.6. The Morgan fingerprint density at radius 3 is 2.60 bits per heavy atom. The number of non-ortho nitro benzene ring substituents is 1. The van der Waals surface area contributed by atoms with E-state index in [-0.39, 0.29) is 5.69 Å². The van der Waals surface area contributed by atoms with E-state index in [9.17, 15) is 10.1 Å². The van der Waals surface area contributed by atoms with Crippen molar-refractivity contribution in [1.29, 1.82) is 0 Å². The molecular weight excluding hydrogens is 194 g/mol. The first-order valence-corrected chi connectivity index (χ1v) is 4.46. The van der Waals surface area contributed by atoms with Crippen LogP contribution in [0.5, 0.6) is 0 Å². The first kappa shape index (κ1) is 9.39. The summed E-state index contributed by atoms with van der Waals surface area (Å²) >= 11 is 0. The predicted molar refractivity (Wildman–Crippen MR) is 54.4 cm³/mol. The summed E-state index contributed by atoms with van der Waals surface area (Å²) in [6.45, 7) is 0.630. The molecular formula is C10H9N3O2. The molecule has 1 aromatic carbocycles. The molecule has 0 spiro atoms. The summed E-state index contributed by atoms with van der Waals surface area (Å²) in [5.41, 5.74) is 1.10. The molecule has 5 nitrogen and oxygen atoms in total. The van der Waals surface area contributed by atoms with Gasteiger partial charge in [0, 0.05) is 24.5 Å². The fourth-order valence-corrected chi connectivity index (χ4v) is 1.30. The third kappa shape index (κ3) is 2.19. The fraction of sp³-hybridized carbons (Fsp3) is 0.100. The van der Waals surface area contributed by atoms with Crippen molar-refractivity contribution in [2.45, 2.75) is 6.54 Å². The van der Waals surface area contributed by atoms with E-state index in [1.165, 1.54) is 12.1 Å². The van der Waals surface area contributed by atoms with Crippen LogP contribution >= 0.6 is 0 Å². The zero-order chi connectivity index (χ0) is 10.7. The number of hydrogen-bond donors (Lipinski definition) is 0. The quantitative estimate of drug-likeness (QED) is 0.564. The van der Waals surface area contributed by atoms with Crippen molar-refractivity contribution in [3.8, 4) is 0 Å². The first-order valence-electron chi connectivity index (χ1n) is 4.46. The molecule has 0 aliphatic heterocycles. The van der Waals surface area contributed by atoms with Gasteiger partial charge in [0.2, 0.25) is 0 Å². The van der Waals surface area contributed by atoms with Gasteiger partial charge in [-0.05, 0) is 11.6 Å². The molecule has 2 aromatic rings. The summed E-state index contributed by atoms with van der Waals surface area (Å²) in [4.78, 5) is 10.0. The smallest absolute Gasteiger partial charge is 0.268 e. The number of nitrogens with zero attached hydrogens (tertiary/aromatic N) is 3. The van der Waals surface area contributed by atoms with Crippen molar-refractivity contribution < 1.29 is 4.92 Å². The molecule has 0 atom stereocenters.